The maximum atomic E-state index is 13.2. The normalized spacial score (nSPS) is 11.7. The summed E-state index contributed by atoms with van der Waals surface area (Å²) in [5, 5.41) is 0. The van der Waals surface area contributed by atoms with Crippen LogP contribution < -0.4 is 0 Å². The third kappa shape index (κ3) is 2.93. The molecule has 0 aromatic heterocycles. The van der Waals surface area contributed by atoms with Crippen molar-refractivity contribution >= 4 is 37.4 Å². The number of hydrogen-bond donors (Lipinski definition) is 0. The van der Waals surface area contributed by atoms with Crippen LogP contribution in [0.5, 0.6) is 0 Å². The molecule has 0 radical (unpaired) electrons. The minimum atomic E-state index is -5.35. The summed E-state index contributed by atoms with van der Waals surface area (Å²) in [5.74, 6) is -12.6. The molecular formula is C9Br2F8. The zero-order chi connectivity index (χ0) is 15.1. The van der Waals surface area contributed by atoms with E-state index in [1.54, 1.807) is 0 Å². The second kappa shape index (κ2) is 5.39. The van der Waals surface area contributed by atoms with E-state index in [9.17, 15) is 35.1 Å². The third-order valence-electron chi connectivity index (χ3n) is 1.93. The molecule has 0 aliphatic rings. The van der Waals surface area contributed by atoms with Gasteiger partial charge in [-0.1, -0.05) is 0 Å². The van der Waals surface area contributed by atoms with Crippen LogP contribution in [0.4, 0.5) is 35.1 Å². The Balaban J connectivity index is 3.84. The molecule has 19 heavy (non-hydrogen) atoms. The molecule has 0 heterocycles. The fourth-order valence-electron chi connectivity index (χ4n) is 1.17. The van der Waals surface area contributed by atoms with Crippen LogP contribution in [0, 0.1) is 29.1 Å². The van der Waals surface area contributed by atoms with E-state index in [2.05, 4.69) is 31.9 Å². The minimum Gasteiger partial charge on any atom is -0.203 e. The first-order valence-corrected chi connectivity index (χ1v) is 5.73. The molecule has 0 fully saturated rings. The van der Waals surface area contributed by atoms with Gasteiger partial charge in [-0.25, -0.2) is 22.0 Å². The van der Waals surface area contributed by atoms with E-state index < -0.39 is 49.8 Å². The van der Waals surface area contributed by atoms with Crippen molar-refractivity contribution in [2.24, 2.45) is 0 Å². The first kappa shape index (κ1) is 16.4. The predicted octanol–water partition coefficient (Wildman–Crippen LogP) is 5.40. The van der Waals surface area contributed by atoms with Crippen LogP contribution >= 0.6 is 31.9 Å². The molecule has 0 aliphatic heterocycles. The second-order valence-electron chi connectivity index (χ2n) is 3.08. The summed E-state index contributed by atoms with van der Waals surface area (Å²) in [7, 11) is 0. The number of rotatable bonds is 1. The van der Waals surface area contributed by atoms with Gasteiger partial charge in [0.25, 0.3) is 0 Å². The van der Waals surface area contributed by atoms with Crippen LogP contribution in [-0.2, 0) is 0 Å². The van der Waals surface area contributed by atoms with Crippen molar-refractivity contribution in [2.75, 3.05) is 0 Å². The Morgan fingerprint density at radius 2 is 1.00 bits per heavy atom. The van der Waals surface area contributed by atoms with Gasteiger partial charge in [0.2, 0.25) is 5.82 Å². The third-order valence-corrected chi connectivity index (χ3v) is 2.73. The van der Waals surface area contributed by atoms with Gasteiger partial charge >= 0.3 is 6.18 Å². The number of allylic oxidation sites excluding steroid dienone is 1. The molecule has 10 heteroatoms. The highest BCUT2D eigenvalue weighted by Gasteiger charge is 2.42. The van der Waals surface area contributed by atoms with Crippen molar-refractivity contribution < 1.29 is 35.1 Å². The molecule has 0 atom stereocenters. The topological polar surface area (TPSA) is 0 Å². The summed E-state index contributed by atoms with van der Waals surface area (Å²) >= 11 is 4.51. The molecule has 0 spiro atoms. The monoisotopic (exact) mass is 418 g/mol. The van der Waals surface area contributed by atoms with Crippen LogP contribution in [0.25, 0.3) is 5.57 Å². The van der Waals surface area contributed by atoms with Crippen molar-refractivity contribution in [1.29, 1.82) is 0 Å². The standard InChI is InChI=1S/C9Br2F8/c10-8(11)2(9(17,18)19)1-3(12)5(14)7(16)6(15)4(1)13. The SMILES string of the molecule is Fc1c(F)c(F)c(C(=C(Br)Br)C(F)(F)F)c(F)c1F. The molecule has 0 nitrogen and oxygen atoms in total. The van der Waals surface area contributed by atoms with Gasteiger partial charge in [0, 0.05) is 0 Å². The highest BCUT2D eigenvalue weighted by Crippen LogP contribution is 2.43. The Morgan fingerprint density at radius 3 is 1.26 bits per heavy atom. The summed E-state index contributed by atoms with van der Waals surface area (Å²) in [6.07, 6.45) is -5.35. The molecule has 1 rings (SSSR count). The highest BCUT2D eigenvalue weighted by molar-refractivity contribution is 9.28. The second-order valence-corrected chi connectivity index (χ2v) is 5.73. The summed E-state index contributed by atoms with van der Waals surface area (Å²) in [5.41, 5.74) is -4.12. The molecule has 1 aromatic rings. The van der Waals surface area contributed by atoms with E-state index in [0.717, 1.165) is 0 Å². The van der Waals surface area contributed by atoms with E-state index in [1.165, 1.54) is 0 Å². The molecular weight excluding hydrogens is 420 g/mol. The Morgan fingerprint density at radius 1 is 0.684 bits per heavy atom. The Kier molecular flexibility index (Phi) is 4.66. The summed E-state index contributed by atoms with van der Waals surface area (Å²) in [6.45, 7) is 0. The Hall–Kier alpha value is -0.640. The largest absolute Gasteiger partial charge is 0.418 e. The van der Waals surface area contributed by atoms with Crippen molar-refractivity contribution in [3.05, 3.63) is 38.0 Å². The maximum Gasteiger partial charge on any atom is 0.418 e. The lowest BCUT2D eigenvalue weighted by molar-refractivity contribution is -0.0693. The van der Waals surface area contributed by atoms with Gasteiger partial charge in [0.15, 0.2) is 23.3 Å². The highest BCUT2D eigenvalue weighted by atomic mass is 79.9. The van der Waals surface area contributed by atoms with E-state index in [0.29, 0.717) is 0 Å². The zero-order valence-corrected chi connectivity index (χ0v) is 11.5. The van der Waals surface area contributed by atoms with E-state index in [-0.39, 0.29) is 0 Å². The summed E-state index contributed by atoms with van der Waals surface area (Å²) in [4.78, 5) is 0. The smallest absolute Gasteiger partial charge is 0.203 e. The van der Waals surface area contributed by atoms with E-state index >= 15 is 0 Å². The lowest BCUT2D eigenvalue weighted by Crippen LogP contribution is -2.17. The molecule has 0 saturated carbocycles. The number of benzene rings is 1. The summed E-state index contributed by atoms with van der Waals surface area (Å²) in [6, 6.07) is 0. The van der Waals surface area contributed by atoms with Crippen LogP contribution in [0.2, 0.25) is 0 Å². The quantitative estimate of drug-likeness (QED) is 0.324. The Labute approximate surface area is 117 Å². The zero-order valence-electron chi connectivity index (χ0n) is 8.28. The molecule has 0 saturated heterocycles. The van der Waals surface area contributed by atoms with Gasteiger partial charge in [-0.2, -0.15) is 13.2 Å². The lowest BCUT2D eigenvalue weighted by Gasteiger charge is -2.15. The van der Waals surface area contributed by atoms with Crippen molar-refractivity contribution in [2.45, 2.75) is 6.18 Å². The summed E-state index contributed by atoms with van der Waals surface area (Å²) < 4.78 is 102. The van der Waals surface area contributed by atoms with E-state index in [4.69, 9.17) is 0 Å². The van der Waals surface area contributed by atoms with E-state index in [1.807, 2.05) is 0 Å². The molecule has 0 bridgehead atoms. The van der Waals surface area contributed by atoms with Gasteiger partial charge in [-0.15, -0.1) is 0 Å². The van der Waals surface area contributed by atoms with Crippen molar-refractivity contribution in [3.8, 4) is 0 Å². The van der Waals surface area contributed by atoms with Crippen LogP contribution in [0.1, 0.15) is 5.56 Å². The minimum absolute atomic E-state index is 1.00. The fourth-order valence-corrected chi connectivity index (χ4v) is 2.01. The predicted molar refractivity (Wildman–Crippen MR) is 57.1 cm³/mol. The average molecular weight is 420 g/mol. The molecule has 0 amide bonds. The first-order valence-electron chi connectivity index (χ1n) is 4.14. The lowest BCUT2D eigenvalue weighted by atomic mass is 10.0. The van der Waals surface area contributed by atoms with Gasteiger partial charge < -0.3 is 0 Å². The molecule has 0 aliphatic carbocycles. The van der Waals surface area contributed by atoms with Crippen LogP contribution in [0.3, 0.4) is 0 Å². The van der Waals surface area contributed by atoms with Crippen LogP contribution in [0.15, 0.2) is 3.39 Å². The molecule has 0 N–H and O–H groups in total. The van der Waals surface area contributed by atoms with Gasteiger partial charge in [0.05, 0.1) is 14.5 Å². The number of hydrogen-bond acceptors (Lipinski definition) is 0. The molecule has 106 valence electrons. The molecule has 0 unspecified atom stereocenters. The van der Waals surface area contributed by atoms with Crippen molar-refractivity contribution in [3.63, 3.8) is 0 Å². The number of halogens is 10. The van der Waals surface area contributed by atoms with Crippen LogP contribution in [-0.4, -0.2) is 6.18 Å². The van der Waals surface area contributed by atoms with Gasteiger partial charge in [-0.05, 0) is 31.9 Å². The van der Waals surface area contributed by atoms with Gasteiger partial charge in [0.1, 0.15) is 0 Å². The number of alkyl halides is 3. The van der Waals surface area contributed by atoms with Crippen molar-refractivity contribution in [1.82, 2.24) is 0 Å². The fraction of sp³-hybridized carbons (Fsp3) is 0.111. The first-order chi connectivity index (χ1) is 8.50. The van der Waals surface area contributed by atoms with Gasteiger partial charge in [-0.3, -0.25) is 0 Å². The average Bonchev–Trinajstić information content (AvgIpc) is 2.27. The molecule has 1 aromatic carbocycles. The maximum absolute atomic E-state index is 13.2. The Bertz CT molecular complexity index is 527.